The quantitative estimate of drug-likeness (QED) is 0.833. The predicted octanol–water partition coefficient (Wildman–Crippen LogP) is 2.38. The first kappa shape index (κ1) is 12.3. The molecule has 1 heterocycles. The summed E-state index contributed by atoms with van der Waals surface area (Å²) in [5, 5.41) is 9.28. The molecule has 0 spiro atoms. The van der Waals surface area contributed by atoms with Gasteiger partial charge in [-0.05, 0) is 23.6 Å². The first-order valence-electron chi connectivity index (χ1n) is 5.82. The maximum absolute atomic E-state index is 11.9. The fraction of sp³-hybridized carbons (Fsp3) is 0.357. The van der Waals surface area contributed by atoms with Crippen LogP contribution in [-0.4, -0.2) is 9.97 Å². The predicted molar refractivity (Wildman–Crippen MR) is 70.2 cm³/mol. The van der Waals surface area contributed by atoms with Gasteiger partial charge in [0.05, 0.1) is 22.5 Å². The fourth-order valence-corrected chi connectivity index (χ4v) is 1.84. The summed E-state index contributed by atoms with van der Waals surface area (Å²) in [6.07, 6.45) is 0.707. The molecule has 18 heavy (non-hydrogen) atoms. The van der Waals surface area contributed by atoms with Gasteiger partial charge in [-0.25, -0.2) is 4.98 Å². The van der Waals surface area contributed by atoms with Gasteiger partial charge in [0.1, 0.15) is 5.82 Å². The molecule has 0 aliphatic heterocycles. The van der Waals surface area contributed by atoms with Gasteiger partial charge in [0.2, 0.25) is 0 Å². The number of H-pyrrole nitrogens is 1. The van der Waals surface area contributed by atoms with Gasteiger partial charge in [0, 0.05) is 6.42 Å². The number of aromatic nitrogens is 2. The summed E-state index contributed by atoms with van der Waals surface area (Å²) >= 11 is 0. The van der Waals surface area contributed by atoms with Crippen LogP contribution in [0.15, 0.2) is 23.0 Å². The first-order chi connectivity index (χ1) is 8.39. The molecule has 0 atom stereocenters. The van der Waals surface area contributed by atoms with Crippen molar-refractivity contribution in [3.63, 3.8) is 0 Å². The number of fused-ring (bicyclic) bond motifs is 1. The van der Waals surface area contributed by atoms with E-state index in [4.69, 9.17) is 5.26 Å². The largest absolute Gasteiger partial charge is 0.310 e. The van der Waals surface area contributed by atoms with E-state index >= 15 is 0 Å². The highest BCUT2D eigenvalue weighted by atomic mass is 16.1. The number of hydrogen-bond acceptors (Lipinski definition) is 3. The minimum absolute atomic E-state index is 0.0657. The van der Waals surface area contributed by atoms with E-state index < -0.39 is 0 Å². The van der Waals surface area contributed by atoms with E-state index in [1.165, 1.54) is 0 Å². The molecular formula is C14H15N3O. The molecule has 0 amide bonds. The van der Waals surface area contributed by atoms with Crippen molar-refractivity contribution in [2.45, 2.75) is 27.2 Å². The minimum atomic E-state index is -0.184. The van der Waals surface area contributed by atoms with Crippen LogP contribution in [-0.2, 0) is 6.42 Å². The monoisotopic (exact) mass is 241 g/mol. The fourth-order valence-electron chi connectivity index (χ4n) is 1.84. The Morgan fingerprint density at radius 3 is 2.72 bits per heavy atom. The van der Waals surface area contributed by atoms with Crippen LogP contribution in [0.2, 0.25) is 0 Å². The van der Waals surface area contributed by atoms with E-state index in [2.05, 4.69) is 30.7 Å². The molecule has 0 fully saturated rings. The molecule has 0 saturated heterocycles. The average Bonchev–Trinajstić information content (AvgIpc) is 2.26. The summed E-state index contributed by atoms with van der Waals surface area (Å²) in [6.45, 7) is 6.28. The molecule has 0 saturated carbocycles. The van der Waals surface area contributed by atoms with E-state index in [-0.39, 0.29) is 11.0 Å². The van der Waals surface area contributed by atoms with Gasteiger partial charge in [-0.15, -0.1) is 0 Å². The lowest BCUT2D eigenvalue weighted by Gasteiger charge is -2.17. The first-order valence-corrected chi connectivity index (χ1v) is 5.82. The highest BCUT2D eigenvalue weighted by molar-refractivity contribution is 5.78. The average molecular weight is 241 g/mol. The van der Waals surface area contributed by atoms with Crippen LogP contribution in [0, 0.1) is 16.7 Å². The number of hydrogen-bond donors (Lipinski definition) is 1. The zero-order chi connectivity index (χ0) is 13.3. The zero-order valence-corrected chi connectivity index (χ0v) is 10.7. The SMILES string of the molecule is CC(C)(C)Cc1nc2ccc(C#N)cc2c(=O)[nH]1. The Morgan fingerprint density at radius 1 is 1.39 bits per heavy atom. The topological polar surface area (TPSA) is 69.5 Å². The Kier molecular flexibility index (Phi) is 2.92. The third kappa shape index (κ3) is 2.57. The Bertz CT molecular complexity index is 687. The van der Waals surface area contributed by atoms with Crippen molar-refractivity contribution in [3.05, 3.63) is 39.9 Å². The van der Waals surface area contributed by atoms with E-state index in [1.807, 2.05) is 6.07 Å². The van der Waals surface area contributed by atoms with Crippen molar-refractivity contribution in [1.82, 2.24) is 9.97 Å². The van der Waals surface area contributed by atoms with Crippen LogP contribution in [0.3, 0.4) is 0 Å². The van der Waals surface area contributed by atoms with Crippen molar-refractivity contribution >= 4 is 10.9 Å². The van der Waals surface area contributed by atoms with Crippen LogP contribution in [0.4, 0.5) is 0 Å². The van der Waals surface area contributed by atoms with Crippen molar-refractivity contribution < 1.29 is 0 Å². The van der Waals surface area contributed by atoms with Crippen LogP contribution in [0.25, 0.3) is 10.9 Å². The maximum atomic E-state index is 11.9. The molecule has 0 aliphatic rings. The van der Waals surface area contributed by atoms with Gasteiger partial charge in [-0.3, -0.25) is 4.79 Å². The Balaban J connectivity index is 2.58. The number of nitrogens with zero attached hydrogens (tertiary/aromatic N) is 2. The number of benzene rings is 1. The maximum Gasteiger partial charge on any atom is 0.258 e. The molecule has 0 radical (unpaired) electrons. The molecule has 1 aromatic heterocycles. The molecule has 2 aromatic rings. The number of nitrogens with one attached hydrogen (secondary N) is 1. The van der Waals surface area contributed by atoms with Gasteiger partial charge in [0.25, 0.3) is 5.56 Å². The summed E-state index contributed by atoms with van der Waals surface area (Å²) < 4.78 is 0. The van der Waals surface area contributed by atoms with E-state index in [9.17, 15) is 4.79 Å². The van der Waals surface area contributed by atoms with Crippen LogP contribution >= 0.6 is 0 Å². The lowest BCUT2D eigenvalue weighted by atomic mass is 9.92. The summed E-state index contributed by atoms with van der Waals surface area (Å²) in [4.78, 5) is 19.2. The van der Waals surface area contributed by atoms with Crippen LogP contribution < -0.4 is 5.56 Å². The number of rotatable bonds is 1. The summed E-state index contributed by atoms with van der Waals surface area (Å²) in [7, 11) is 0. The van der Waals surface area contributed by atoms with Crippen molar-refractivity contribution in [1.29, 1.82) is 5.26 Å². The minimum Gasteiger partial charge on any atom is -0.310 e. The molecule has 0 bridgehead atoms. The van der Waals surface area contributed by atoms with Crippen molar-refractivity contribution in [3.8, 4) is 6.07 Å². The van der Waals surface area contributed by atoms with E-state index in [0.717, 1.165) is 0 Å². The van der Waals surface area contributed by atoms with Gasteiger partial charge < -0.3 is 4.98 Å². The van der Waals surface area contributed by atoms with Gasteiger partial charge >= 0.3 is 0 Å². The number of aromatic amines is 1. The number of nitriles is 1. The molecule has 1 N–H and O–H groups in total. The molecule has 0 aliphatic carbocycles. The molecular weight excluding hydrogens is 226 g/mol. The molecule has 0 unspecified atom stereocenters. The van der Waals surface area contributed by atoms with Gasteiger partial charge in [-0.1, -0.05) is 20.8 Å². The molecule has 92 valence electrons. The molecule has 2 rings (SSSR count). The Hall–Kier alpha value is -2.15. The van der Waals surface area contributed by atoms with Crippen molar-refractivity contribution in [2.24, 2.45) is 5.41 Å². The highest BCUT2D eigenvalue weighted by Gasteiger charge is 2.14. The molecule has 4 heteroatoms. The second kappa shape index (κ2) is 4.26. The van der Waals surface area contributed by atoms with Crippen LogP contribution in [0.5, 0.6) is 0 Å². The van der Waals surface area contributed by atoms with Crippen LogP contribution in [0.1, 0.15) is 32.2 Å². The summed E-state index contributed by atoms with van der Waals surface area (Å²) in [5.74, 6) is 0.685. The highest BCUT2D eigenvalue weighted by Crippen LogP contribution is 2.19. The second-order valence-corrected chi connectivity index (χ2v) is 5.59. The summed E-state index contributed by atoms with van der Waals surface area (Å²) in [5.41, 5.74) is 0.989. The van der Waals surface area contributed by atoms with Crippen molar-refractivity contribution in [2.75, 3.05) is 0 Å². The Labute approximate surface area is 105 Å². The Morgan fingerprint density at radius 2 is 2.11 bits per heavy atom. The lowest BCUT2D eigenvalue weighted by molar-refractivity contribution is 0.401. The van der Waals surface area contributed by atoms with E-state index in [1.54, 1.807) is 18.2 Å². The lowest BCUT2D eigenvalue weighted by Crippen LogP contribution is -2.17. The smallest absolute Gasteiger partial charge is 0.258 e. The zero-order valence-electron chi connectivity index (χ0n) is 10.7. The normalized spacial score (nSPS) is 11.4. The molecule has 1 aromatic carbocycles. The standard InChI is InChI=1S/C14H15N3O/c1-14(2,3)7-12-16-11-5-4-9(8-15)6-10(11)13(18)17-12/h4-6H,7H2,1-3H3,(H,16,17,18). The van der Waals surface area contributed by atoms with Gasteiger partial charge in [-0.2, -0.15) is 5.26 Å². The van der Waals surface area contributed by atoms with E-state index in [0.29, 0.717) is 28.7 Å². The van der Waals surface area contributed by atoms with Gasteiger partial charge in [0.15, 0.2) is 0 Å². The third-order valence-electron chi connectivity index (χ3n) is 2.58. The molecule has 4 nitrogen and oxygen atoms in total. The second-order valence-electron chi connectivity index (χ2n) is 5.59. The summed E-state index contributed by atoms with van der Waals surface area (Å²) in [6, 6.07) is 6.98. The third-order valence-corrected chi connectivity index (χ3v) is 2.58.